The van der Waals surface area contributed by atoms with Gasteiger partial charge in [0.25, 0.3) is 0 Å². The minimum atomic E-state index is -0.389. The molecule has 0 amide bonds. The minimum Gasteiger partial charge on any atom is -0.492 e. The number of ether oxygens (including phenoxy) is 1. The SMILES string of the molecule is C=C(OCC)c1ncc(F)cc1Br. The molecule has 0 saturated carbocycles. The van der Waals surface area contributed by atoms with Crippen molar-refractivity contribution in [2.75, 3.05) is 6.61 Å². The van der Waals surface area contributed by atoms with E-state index >= 15 is 0 Å². The zero-order valence-corrected chi connectivity index (χ0v) is 8.77. The third-order valence-corrected chi connectivity index (χ3v) is 1.99. The summed E-state index contributed by atoms with van der Waals surface area (Å²) >= 11 is 3.17. The van der Waals surface area contributed by atoms with Gasteiger partial charge in [-0.25, -0.2) is 9.37 Å². The Morgan fingerprint density at radius 2 is 2.46 bits per heavy atom. The lowest BCUT2D eigenvalue weighted by molar-refractivity contribution is 0.297. The molecule has 0 radical (unpaired) electrons. The molecule has 1 aromatic heterocycles. The molecule has 0 spiro atoms. The van der Waals surface area contributed by atoms with E-state index in [1.807, 2.05) is 6.92 Å². The second-order valence-corrected chi connectivity index (χ2v) is 3.19. The van der Waals surface area contributed by atoms with E-state index in [0.717, 1.165) is 6.20 Å². The molecule has 0 N–H and O–H groups in total. The summed E-state index contributed by atoms with van der Waals surface area (Å²) in [7, 11) is 0. The summed E-state index contributed by atoms with van der Waals surface area (Å²) in [4.78, 5) is 3.85. The smallest absolute Gasteiger partial charge is 0.142 e. The van der Waals surface area contributed by atoms with E-state index in [4.69, 9.17) is 4.74 Å². The molecule has 1 aromatic rings. The highest BCUT2D eigenvalue weighted by molar-refractivity contribution is 9.10. The van der Waals surface area contributed by atoms with Crippen LogP contribution in [0.4, 0.5) is 4.39 Å². The summed E-state index contributed by atoms with van der Waals surface area (Å²) in [6, 6.07) is 1.33. The number of hydrogen-bond donors (Lipinski definition) is 0. The van der Waals surface area contributed by atoms with E-state index in [9.17, 15) is 4.39 Å². The molecule has 0 aliphatic rings. The number of aromatic nitrogens is 1. The van der Waals surface area contributed by atoms with Crippen molar-refractivity contribution in [3.63, 3.8) is 0 Å². The average molecular weight is 246 g/mol. The maximum absolute atomic E-state index is 12.6. The highest BCUT2D eigenvalue weighted by Gasteiger charge is 2.07. The highest BCUT2D eigenvalue weighted by Crippen LogP contribution is 2.22. The third-order valence-electron chi connectivity index (χ3n) is 1.39. The van der Waals surface area contributed by atoms with E-state index in [1.165, 1.54) is 6.07 Å². The molecule has 0 bridgehead atoms. The Bertz CT molecular complexity index is 327. The van der Waals surface area contributed by atoms with Gasteiger partial charge >= 0.3 is 0 Å². The molecular formula is C9H9BrFNO. The average Bonchev–Trinajstić information content (AvgIpc) is 2.04. The molecule has 2 nitrogen and oxygen atoms in total. The van der Waals surface area contributed by atoms with Crippen molar-refractivity contribution in [3.8, 4) is 0 Å². The Morgan fingerprint density at radius 3 is 3.00 bits per heavy atom. The summed E-state index contributed by atoms with van der Waals surface area (Å²) in [5, 5.41) is 0. The van der Waals surface area contributed by atoms with E-state index < -0.39 is 0 Å². The van der Waals surface area contributed by atoms with Gasteiger partial charge in [-0.2, -0.15) is 0 Å². The molecule has 70 valence electrons. The summed E-state index contributed by atoms with van der Waals surface area (Å²) in [5.74, 6) is 0.0503. The number of halogens is 2. The maximum atomic E-state index is 12.6. The van der Waals surface area contributed by atoms with Crippen LogP contribution in [0.15, 0.2) is 23.3 Å². The molecular weight excluding hydrogens is 237 g/mol. The van der Waals surface area contributed by atoms with E-state index in [-0.39, 0.29) is 5.82 Å². The lowest BCUT2D eigenvalue weighted by Gasteiger charge is -2.07. The molecule has 0 unspecified atom stereocenters. The third kappa shape index (κ3) is 2.52. The van der Waals surface area contributed by atoms with Crippen molar-refractivity contribution in [1.82, 2.24) is 4.98 Å². The van der Waals surface area contributed by atoms with Crippen molar-refractivity contribution in [3.05, 3.63) is 34.8 Å². The van der Waals surface area contributed by atoms with Gasteiger partial charge in [-0.3, -0.25) is 0 Å². The van der Waals surface area contributed by atoms with Crippen LogP contribution in [0.25, 0.3) is 5.76 Å². The first-order chi connectivity index (χ1) is 6.15. The number of hydrogen-bond acceptors (Lipinski definition) is 2. The fourth-order valence-electron chi connectivity index (χ4n) is 0.862. The van der Waals surface area contributed by atoms with Crippen LogP contribution in [0.1, 0.15) is 12.6 Å². The summed E-state index contributed by atoms with van der Waals surface area (Å²) in [5.41, 5.74) is 0.531. The molecule has 0 saturated heterocycles. The van der Waals surface area contributed by atoms with Crippen molar-refractivity contribution in [1.29, 1.82) is 0 Å². The molecule has 0 fully saturated rings. The first-order valence-corrected chi connectivity index (χ1v) is 4.57. The number of rotatable bonds is 3. The second-order valence-electron chi connectivity index (χ2n) is 2.34. The zero-order chi connectivity index (χ0) is 9.84. The predicted molar refractivity (Wildman–Crippen MR) is 52.6 cm³/mol. The summed E-state index contributed by atoms with van der Waals surface area (Å²) in [6.45, 7) is 6.04. The van der Waals surface area contributed by atoms with Gasteiger partial charge in [0, 0.05) is 4.47 Å². The van der Waals surface area contributed by atoms with Gasteiger partial charge in [-0.15, -0.1) is 0 Å². The van der Waals surface area contributed by atoms with Gasteiger partial charge in [0.2, 0.25) is 0 Å². The Hall–Kier alpha value is -0.900. The highest BCUT2D eigenvalue weighted by atomic mass is 79.9. The summed E-state index contributed by atoms with van der Waals surface area (Å²) in [6.07, 6.45) is 1.13. The Balaban J connectivity index is 2.95. The van der Waals surface area contributed by atoms with Crippen molar-refractivity contribution in [2.24, 2.45) is 0 Å². The van der Waals surface area contributed by atoms with Crippen LogP contribution in [0.3, 0.4) is 0 Å². The first-order valence-electron chi connectivity index (χ1n) is 3.78. The molecule has 0 aliphatic carbocycles. The van der Waals surface area contributed by atoms with Crippen LogP contribution >= 0.6 is 15.9 Å². The lowest BCUT2D eigenvalue weighted by Crippen LogP contribution is -1.95. The maximum Gasteiger partial charge on any atom is 0.142 e. The Labute approximate surface area is 84.6 Å². The van der Waals surface area contributed by atoms with Gasteiger partial charge in [-0.05, 0) is 28.9 Å². The fourth-order valence-corrected chi connectivity index (χ4v) is 1.40. The summed E-state index contributed by atoms with van der Waals surface area (Å²) < 4.78 is 18.3. The van der Waals surface area contributed by atoms with Crippen LogP contribution in [-0.4, -0.2) is 11.6 Å². The number of nitrogens with zero attached hydrogens (tertiary/aromatic N) is 1. The Kier molecular flexibility index (Phi) is 3.42. The first kappa shape index (κ1) is 10.2. The van der Waals surface area contributed by atoms with Crippen LogP contribution in [0.5, 0.6) is 0 Å². The van der Waals surface area contributed by atoms with Crippen LogP contribution in [-0.2, 0) is 4.74 Å². The van der Waals surface area contributed by atoms with Gasteiger partial charge < -0.3 is 4.74 Å². The molecule has 0 atom stereocenters. The quantitative estimate of drug-likeness (QED) is 0.765. The van der Waals surface area contributed by atoms with E-state index in [2.05, 4.69) is 27.5 Å². The van der Waals surface area contributed by atoms with Crippen molar-refractivity contribution >= 4 is 21.7 Å². The molecule has 1 heterocycles. The lowest BCUT2D eigenvalue weighted by atomic mass is 10.3. The second kappa shape index (κ2) is 4.37. The molecule has 1 rings (SSSR count). The fraction of sp³-hybridized carbons (Fsp3) is 0.222. The van der Waals surface area contributed by atoms with E-state index in [0.29, 0.717) is 22.5 Å². The standard InChI is InChI=1S/C9H9BrFNO/c1-3-13-6(2)9-8(10)4-7(11)5-12-9/h4-5H,2-3H2,1H3. The topological polar surface area (TPSA) is 22.1 Å². The van der Waals surface area contributed by atoms with Gasteiger partial charge in [0.1, 0.15) is 17.3 Å². The minimum absolute atomic E-state index is 0.389. The zero-order valence-electron chi connectivity index (χ0n) is 7.18. The Morgan fingerprint density at radius 1 is 1.77 bits per heavy atom. The number of pyridine rings is 1. The van der Waals surface area contributed by atoms with Crippen LogP contribution < -0.4 is 0 Å². The molecule has 13 heavy (non-hydrogen) atoms. The monoisotopic (exact) mass is 245 g/mol. The molecule has 4 heteroatoms. The van der Waals surface area contributed by atoms with Crippen molar-refractivity contribution in [2.45, 2.75) is 6.92 Å². The van der Waals surface area contributed by atoms with Crippen molar-refractivity contribution < 1.29 is 9.13 Å². The predicted octanol–water partition coefficient (Wildman–Crippen LogP) is 2.99. The molecule has 0 aliphatic heterocycles. The van der Waals surface area contributed by atoms with Gasteiger partial charge in [0.15, 0.2) is 0 Å². The van der Waals surface area contributed by atoms with Crippen LogP contribution in [0.2, 0.25) is 0 Å². The largest absolute Gasteiger partial charge is 0.492 e. The van der Waals surface area contributed by atoms with Gasteiger partial charge in [-0.1, -0.05) is 6.58 Å². The van der Waals surface area contributed by atoms with E-state index in [1.54, 1.807) is 0 Å². The van der Waals surface area contributed by atoms with Gasteiger partial charge in [0.05, 0.1) is 12.8 Å². The van der Waals surface area contributed by atoms with Crippen LogP contribution in [0, 0.1) is 5.82 Å². The molecule has 0 aromatic carbocycles. The normalized spacial score (nSPS) is 9.77.